The first-order valence-corrected chi connectivity index (χ1v) is 5.48. The molecule has 0 saturated carbocycles. The van der Waals surface area contributed by atoms with E-state index < -0.39 is 0 Å². The Morgan fingerprint density at radius 3 is 2.69 bits per heavy atom. The standard InChI is InChI=1S/C10H13BrClN/c1-3-10(13-2)7-4-5-8(11)9(12)6-7/h4-6,10,13H,3H2,1-2H3. The van der Waals surface area contributed by atoms with Gasteiger partial charge in [-0.1, -0.05) is 24.6 Å². The van der Waals surface area contributed by atoms with E-state index in [1.165, 1.54) is 5.56 Å². The molecule has 0 aliphatic heterocycles. The van der Waals surface area contributed by atoms with Crippen LogP contribution in [0, 0.1) is 0 Å². The minimum absolute atomic E-state index is 0.394. The second-order valence-electron chi connectivity index (χ2n) is 2.92. The average molecular weight is 263 g/mol. The summed E-state index contributed by atoms with van der Waals surface area (Å²) in [5.74, 6) is 0. The van der Waals surface area contributed by atoms with Crippen molar-refractivity contribution in [2.75, 3.05) is 7.05 Å². The minimum atomic E-state index is 0.394. The van der Waals surface area contributed by atoms with E-state index >= 15 is 0 Å². The van der Waals surface area contributed by atoms with E-state index in [1.807, 2.05) is 19.2 Å². The maximum Gasteiger partial charge on any atom is 0.0551 e. The van der Waals surface area contributed by atoms with Gasteiger partial charge in [-0.25, -0.2) is 0 Å². The zero-order chi connectivity index (χ0) is 9.84. The SMILES string of the molecule is CCC(NC)c1ccc(Br)c(Cl)c1. The Bertz CT molecular complexity index is 284. The quantitative estimate of drug-likeness (QED) is 0.874. The first-order chi connectivity index (χ1) is 6.19. The van der Waals surface area contributed by atoms with Crippen LogP contribution in [0.1, 0.15) is 24.9 Å². The molecule has 0 aromatic heterocycles. The number of halogens is 2. The van der Waals surface area contributed by atoms with E-state index in [0.717, 1.165) is 15.9 Å². The minimum Gasteiger partial charge on any atom is -0.313 e. The van der Waals surface area contributed by atoms with Crippen LogP contribution in [-0.2, 0) is 0 Å². The summed E-state index contributed by atoms with van der Waals surface area (Å²) in [6.45, 7) is 2.15. The van der Waals surface area contributed by atoms with Crippen molar-refractivity contribution in [3.63, 3.8) is 0 Å². The van der Waals surface area contributed by atoms with Crippen LogP contribution < -0.4 is 5.32 Å². The molecule has 0 aliphatic rings. The van der Waals surface area contributed by atoms with Gasteiger partial charge in [-0.15, -0.1) is 0 Å². The van der Waals surface area contributed by atoms with E-state index in [0.29, 0.717) is 6.04 Å². The van der Waals surface area contributed by atoms with Crippen LogP contribution in [-0.4, -0.2) is 7.05 Å². The average Bonchev–Trinajstić information content (AvgIpc) is 2.13. The molecule has 3 heteroatoms. The molecule has 0 radical (unpaired) electrons. The Balaban J connectivity index is 2.95. The van der Waals surface area contributed by atoms with Gasteiger partial charge >= 0.3 is 0 Å². The van der Waals surface area contributed by atoms with Crippen molar-refractivity contribution < 1.29 is 0 Å². The Morgan fingerprint density at radius 1 is 1.54 bits per heavy atom. The lowest BCUT2D eigenvalue weighted by molar-refractivity contribution is 0.577. The second kappa shape index (κ2) is 4.99. The maximum absolute atomic E-state index is 6.00. The first kappa shape index (κ1) is 11.0. The van der Waals surface area contributed by atoms with E-state index in [-0.39, 0.29) is 0 Å². The zero-order valence-electron chi connectivity index (χ0n) is 7.77. The first-order valence-electron chi connectivity index (χ1n) is 4.31. The molecule has 0 amide bonds. The van der Waals surface area contributed by atoms with Gasteiger partial charge in [0.1, 0.15) is 0 Å². The summed E-state index contributed by atoms with van der Waals surface area (Å²) in [5.41, 5.74) is 1.23. The molecule has 1 rings (SSSR count). The second-order valence-corrected chi connectivity index (χ2v) is 4.18. The molecule has 13 heavy (non-hydrogen) atoms. The molecule has 0 saturated heterocycles. The third-order valence-corrected chi connectivity index (χ3v) is 3.34. The van der Waals surface area contributed by atoms with Crippen LogP contribution in [0.3, 0.4) is 0 Å². The molecular weight excluding hydrogens is 249 g/mol. The van der Waals surface area contributed by atoms with Gasteiger partial charge in [0, 0.05) is 10.5 Å². The molecule has 1 aromatic carbocycles. The Morgan fingerprint density at radius 2 is 2.23 bits per heavy atom. The Hall–Kier alpha value is -0.0500. The van der Waals surface area contributed by atoms with Crippen LogP contribution in [0.2, 0.25) is 5.02 Å². The summed E-state index contributed by atoms with van der Waals surface area (Å²) >= 11 is 9.37. The van der Waals surface area contributed by atoms with Crippen LogP contribution >= 0.6 is 27.5 Å². The monoisotopic (exact) mass is 261 g/mol. The molecule has 1 unspecified atom stereocenters. The van der Waals surface area contributed by atoms with Gasteiger partial charge in [0.25, 0.3) is 0 Å². The molecule has 0 spiro atoms. The number of nitrogens with one attached hydrogen (secondary N) is 1. The van der Waals surface area contributed by atoms with Crippen LogP contribution in [0.4, 0.5) is 0 Å². The van der Waals surface area contributed by atoms with Crippen molar-refractivity contribution in [3.8, 4) is 0 Å². The predicted octanol–water partition coefficient (Wildman–Crippen LogP) is 3.77. The van der Waals surface area contributed by atoms with Gasteiger partial charge in [0.15, 0.2) is 0 Å². The highest BCUT2D eigenvalue weighted by atomic mass is 79.9. The molecule has 1 aromatic rings. The molecule has 72 valence electrons. The summed E-state index contributed by atoms with van der Waals surface area (Å²) in [4.78, 5) is 0. The number of hydrogen-bond donors (Lipinski definition) is 1. The maximum atomic E-state index is 6.00. The van der Waals surface area contributed by atoms with Gasteiger partial charge in [-0.2, -0.15) is 0 Å². The lowest BCUT2D eigenvalue weighted by Crippen LogP contribution is -2.14. The van der Waals surface area contributed by atoms with Gasteiger partial charge in [0.05, 0.1) is 5.02 Å². The largest absolute Gasteiger partial charge is 0.313 e. The van der Waals surface area contributed by atoms with Crippen LogP contribution in [0.15, 0.2) is 22.7 Å². The third-order valence-electron chi connectivity index (χ3n) is 2.10. The Labute approximate surface area is 92.6 Å². The fourth-order valence-corrected chi connectivity index (χ4v) is 1.77. The van der Waals surface area contributed by atoms with Crippen molar-refractivity contribution >= 4 is 27.5 Å². The highest BCUT2D eigenvalue weighted by Gasteiger charge is 2.07. The van der Waals surface area contributed by atoms with E-state index in [1.54, 1.807) is 0 Å². The molecule has 0 fully saturated rings. The third kappa shape index (κ3) is 2.70. The van der Waals surface area contributed by atoms with Crippen molar-refractivity contribution in [2.24, 2.45) is 0 Å². The van der Waals surface area contributed by atoms with Crippen molar-refractivity contribution in [1.82, 2.24) is 5.32 Å². The predicted molar refractivity (Wildman–Crippen MR) is 61.2 cm³/mol. The fraction of sp³-hybridized carbons (Fsp3) is 0.400. The number of hydrogen-bond acceptors (Lipinski definition) is 1. The number of rotatable bonds is 3. The summed E-state index contributed by atoms with van der Waals surface area (Å²) in [6, 6.07) is 6.46. The highest BCUT2D eigenvalue weighted by molar-refractivity contribution is 9.10. The molecule has 0 aliphatic carbocycles. The van der Waals surface area contributed by atoms with Crippen LogP contribution in [0.25, 0.3) is 0 Å². The van der Waals surface area contributed by atoms with Gasteiger partial charge in [0.2, 0.25) is 0 Å². The topological polar surface area (TPSA) is 12.0 Å². The fourth-order valence-electron chi connectivity index (χ4n) is 1.34. The lowest BCUT2D eigenvalue weighted by atomic mass is 10.1. The molecule has 0 bridgehead atoms. The Kier molecular flexibility index (Phi) is 4.23. The molecular formula is C10H13BrClN. The normalized spacial score (nSPS) is 12.9. The molecule has 1 nitrogen and oxygen atoms in total. The van der Waals surface area contributed by atoms with E-state index in [4.69, 9.17) is 11.6 Å². The van der Waals surface area contributed by atoms with Crippen LogP contribution in [0.5, 0.6) is 0 Å². The lowest BCUT2D eigenvalue weighted by Gasteiger charge is -2.14. The van der Waals surface area contributed by atoms with Crippen molar-refractivity contribution in [1.29, 1.82) is 0 Å². The van der Waals surface area contributed by atoms with Crippen molar-refractivity contribution in [3.05, 3.63) is 33.3 Å². The van der Waals surface area contributed by atoms with Crippen molar-refractivity contribution in [2.45, 2.75) is 19.4 Å². The zero-order valence-corrected chi connectivity index (χ0v) is 10.1. The van der Waals surface area contributed by atoms with E-state index in [9.17, 15) is 0 Å². The summed E-state index contributed by atoms with van der Waals surface area (Å²) in [7, 11) is 1.96. The van der Waals surface area contributed by atoms with Gasteiger partial charge in [-0.3, -0.25) is 0 Å². The summed E-state index contributed by atoms with van der Waals surface area (Å²) in [5, 5.41) is 4.01. The molecule has 1 N–H and O–H groups in total. The highest BCUT2D eigenvalue weighted by Crippen LogP contribution is 2.26. The summed E-state index contributed by atoms with van der Waals surface area (Å²) < 4.78 is 0.948. The smallest absolute Gasteiger partial charge is 0.0551 e. The van der Waals surface area contributed by atoms with Gasteiger partial charge < -0.3 is 5.32 Å². The molecule has 1 atom stereocenters. The summed E-state index contributed by atoms with van der Waals surface area (Å²) in [6.07, 6.45) is 1.06. The van der Waals surface area contributed by atoms with Gasteiger partial charge in [-0.05, 0) is 47.1 Å². The molecule has 0 heterocycles. The van der Waals surface area contributed by atoms with E-state index in [2.05, 4.69) is 34.2 Å². The number of benzene rings is 1.